The first-order valence-electron chi connectivity index (χ1n) is 11.0. The molecule has 186 valence electrons. The van der Waals surface area contributed by atoms with Crippen molar-refractivity contribution in [1.29, 1.82) is 0 Å². The fourth-order valence-corrected chi connectivity index (χ4v) is 4.99. The Kier molecular flexibility index (Phi) is 9.14. The van der Waals surface area contributed by atoms with E-state index in [1.54, 1.807) is 20.3 Å². The number of ether oxygens (including phenoxy) is 2. The van der Waals surface area contributed by atoms with Crippen LogP contribution >= 0.6 is 11.6 Å². The van der Waals surface area contributed by atoms with Crippen molar-refractivity contribution < 1.29 is 22.7 Å². The molecule has 3 rings (SSSR count). The number of methoxy groups -OCH3 is 2. The van der Waals surface area contributed by atoms with Crippen LogP contribution in [0, 0.1) is 6.92 Å². The first kappa shape index (κ1) is 26.5. The molecule has 0 fully saturated rings. The van der Waals surface area contributed by atoms with Crippen LogP contribution in [0.2, 0.25) is 5.02 Å². The first-order chi connectivity index (χ1) is 16.7. The molecule has 0 aliphatic rings. The van der Waals surface area contributed by atoms with Gasteiger partial charge in [-0.15, -0.1) is 0 Å². The van der Waals surface area contributed by atoms with E-state index in [9.17, 15) is 13.2 Å². The zero-order chi connectivity index (χ0) is 25.4. The lowest BCUT2D eigenvalue weighted by atomic mass is 10.1. The Morgan fingerprint density at radius 1 is 0.914 bits per heavy atom. The summed E-state index contributed by atoms with van der Waals surface area (Å²) in [7, 11) is -0.801. The second kappa shape index (κ2) is 12.1. The predicted molar refractivity (Wildman–Crippen MR) is 136 cm³/mol. The Labute approximate surface area is 211 Å². The molecule has 35 heavy (non-hydrogen) atoms. The number of nitrogens with zero attached hydrogens (tertiary/aromatic N) is 1. The standard InChI is InChI=1S/C26H29ClN2O5S/c1-19-4-6-21(7-5-19)17-29(35(31,32)23-11-9-22(27)10-12-23)18-26(30)28-15-14-20-8-13-24(33-2)25(16-20)34-3/h4-13,16H,14-15,17-18H2,1-3H3,(H,28,30). The molecule has 0 saturated heterocycles. The Balaban J connectivity index is 1.71. The molecule has 3 aromatic rings. The zero-order valence-corrected chi connectivity index (χ0v) is 21.5. The first-order valence-corrected chi connectivity index (χ1v) is 12.8. The molecule has 0 aliphatic heterocycles. The number of rotatable bonds is 11. The normalized spacial score (nSPS) is 11.3. The highest BCUT2D eigenvalue weighted by Crippen LogP contribution is 2.27. The van der Waals surface area contributed by atoms with Gasteiger partial charge in [-0.3, -0.25) is 4.79 Å². The van der Waals surface area contributed by atoms with Crippen LogP contribution in [-0.2, 0) is 27.8 Å². The van der Waals surface area contributed by atoms with Gasteiger partial charge in [-0.25, -0.2) is 8.42 Å². The van der Waals surface area contributed by atoms with E-state index in [1.807, 2.05) is 43.3 Å². The van der Waals surface area contributed by atoms with E-state index in [0.717, 1.165) is 16.7 Å². The number of hydrogen-bond acceptors (Lipinski definition) is 5. The Bertz CT molecular complexity index is 1250. The predicted octanol–water partition coefficient (Wildman–Crippen LogP) is 4.22. The molecule has 9 heteroatoms. The molecule has 1 amide bonds. The van der Waals surface area contributed by atoms with Crippen molar-refractivity contribution in [2.75, 3.05) is 27.3 Å². The molecule has 0 heterocycles. The van der Waals surface area contributed by atoms with Crippen molar-refractivity contribution in [3.8, 4) is 11.5 Å². The summed E-state index contributed by atoms with van der Waals surface area (Å²) in [4.78, 5) is 12.8. The smallest absolute Gasteiger partial charge is 0.243 e. The zero-order valence-electron chi connectivity index (χ0n) is 20.0. The third-order valence-electron chi connectivity index (χ3n) is 5.43. The van der Waals surface area contributed by atoms with Crippen molar-refractivity contribution in [3.63, 3.8) is 0 Å². The molecule has 0 aromatic heterocycles. The number of carbonyl (C=O) groups excluding carboxylic acids is 1. The van der Waals surface area contributed by atoms with Crippen LogP contribution in [-0.4, -0.2) is 45.9 Å². The number of nitrogens with one attached hydrogen (secondary N) is 1. The lowest BCUT2D eigenvalue weighted by Gasteiger charge is -2.22. The number of benzene rings is 3. The van der Waals surface area contributed by atoms with Crippen LogP contribution in [0.25, 0.3) is 0 Å². The average molecular weight is 517 g/mol. The lowest BCUT2D eigenvalue weighted by Crippen LogP contribution is -2.40. The number of sulfonamides is 1. The summed E-state index contributed by atoms with van der Waals surface area (Å²) < 4.78 is 38.4. The summed E-state index contributed by atoms with van der Waals surface area (Å²) in [6.45, 7) is 2.05. The van der Waals surface area contributed by atoms with Gasteiger partial charge in [0, 0.05) is 18.1 Å². The number of amides is 1. The highest BCUT2D eigenvalue weighted by Gasteiger charge is 2.27. The molecule has 0 saturated carbocycles. The van der Waals surface area contributed by atoms with Crippen molar-refractivity contribution in [1.82, 2.24) is 9.62 Å². The molecular formula is C26H29ClN2O5S. The van der Waals surface area contributed by atoms with Gasteiger partial charge in [0.15, 0.2) is 11.5 Å². The van der Waals surface area contributed by atoms with E-state index in [0.29, 0.717) is 29.5 Å². The van der Waals surface area contributed by atoms with Gasteiger partial charge in [0.25, 0.3) is 0 Å². The number of aryl methyl sites for hydroxylation is 1. The highest BCUT2D eigenvalue weighted by atomic mass is 35.5. The molecule has 0 spiro atoms. The highest BCUT2D eigenvalue weighted by molar-refractivity contribution is 7.89. The molecule has 0 radical (unpaired) electrons. The second-order valence-corrected chi connectivity index (χ2v) is 10.4. The van der Waals surface area contributed by atoms with E-state index < -0.39 is 15.9 Å². The minimum atomic E-state index is -3.93. The Morgan fingerprint density at radius 3 is 2.17 bits per heavy atom. The van der Waals surface area contributed by atoms with Crippen LogP contribution in [0.1, 0.15) is 16.7 Å². The van der Waals surface area contributed by atoms with Crippen LogP contribution in [0.4, 0.5) is 0 Å². The molecule has 3 aromatic carbocycles. The largest absolute Gasteiger partial charge is 0.493 e. The van der Waals surface area contributed by atoms with Gasteiger partial charge < -0.3 is 14.8 Å². The molecule has 0 aliphatic carbocycles. The van der Waals surface area contributed by atoms with Gasteiger partial charge in [0.1, 0.15) is 0 Å². The number of hydrogen-bond donors (Lipinski definition) is 1. The minimum absolute atomic E-state index is 0.0638. The number of carbonyl (C=O) groups is 1. The van der Waals surface area contributed by atoms with Crippen LogP contribution in [0.3, 0.4) is 0 Å². The summed E-state index contributed by atoms with van der Waals surface area (Å²) in [6.07, 6.45) is 0.550. The van der Waals surface area contributed by atoms with E-state index in [4.69, 9.17) is 21.1 Å². The maximum absolute atomic E-state index is 13.4. The maximum atomic E-state index is 13.4. The fourth-order valence-electron chi connectivity index (χ4n) is 3.48. The SMILES string of the molecule is COc1ccc(CCNC(=O)CN(Cc2ccc(C)cc2)S(=O)(=O)c2ccc(Cl)cc2)cc1OC. The van der Waals surface area contributed by atoms with Gasteiger partial charge >= 0.3 is 0 Å². The summed E-state index contributed by atoms with van der Waals surface area (Å²) in [6, 6.07) is 19.0. The van der Waals surface area contributed by atoms with Crippen molar-refractivity contribution in [2.45, 2.75) is 24.8 Å². The summed E-state index contributed by atoms with van der Waals surface area (Å²) in [5.74, 6) is 0.837. The Morgan fingerprint density at radius 2 is 1.54 bits per heavy atom. The maximum Gasteiger partial charge on any atom is 0.243 e. The lowest BCUT2D eigenvalue weighted by molar-refractivity contribution is -0.121. The third kappa shape index (κ3) is 7.21. The quantitative estimate of drug-likeness (QED) is 0.412. The van der Waals surface area contributed by atoms with Crippen molar-refractivity contribution in [3.05, 3.63) is 88.4 Å². The van der Waals surface area contributed by atoms with Gasteiger partial charge in [-0.05, 0) is 60.9 Å². The van der Waals surface area contributed by atoms with E-state index in [-0.39, 0.29) is 18.0 Å². The van der Waals surface area contributed by atoms with Crippen LogP contribution in [0.15, 0.2) is 71.6 Å². The molecular weight excluding hydrogens is 488 g/mol. The molecule has 0 atom stereocenters. The molecule has 0 bridgehead atoms. The summed E-state index contributed by atoms with van der Waals surface area (Å²) in [5, 5.41) is 3.25. The van der Waals surface area contributed by atoms with Crippen molar-refractivity contribution >= 4 is 27.5 Å². The molecule has 0 unspecified atom stereocenters. The average Bonchev–Trinajstić information content (AvgIpc) is 2.85. The van der Waals surface area contributed by atoms with Gasteiger partial charge in [-0.1, -0.05) is 47.5 Å². The Hall–Kier alpha value is -3.07. The van der Waals surface area contributed by atoms with Gasteiger partial charge in [0.05, 0.1) is 25.7 Å². The summed E-state index contributed by atoms with van der Waals surface area (Å²) >= 11 is 5.93. The van der Waals surface area contributed by atoms with E-state index in [2.05, 4.69) is 5.32 Å². The van der Waals surface area contributed by atoms with Gasteiger partial charge in [-0.2, -0.15) is 4.31 Å². The van der Waals surface area contributed by atoms with E-state index in [1.165, 1.54) is 28.6 Å². The van der Waals surface area contributed by atoms with Crippen LogP contribution < -0.4 is 14.8 Å². The topological polar surface area (TPSA) is 84.9 Å². The fraction of sp³-hybridized carbons (Fsp3) is 0.269. The van der Waals surface area contributed by atoms with Crippen LogP contribution in [0.5, 0.6) is 11.5 Å². The second-order valence-electron chi connectivity index (χ2n) is 8.00. The monoisotopic (exact) mass is 516 g/mol. The van der Waals surface area contributed by atoms with E-state index >= 15 is 0 Å². The number of halogens is 1. The molecule has 1 N–H and O–H groups in total. The molecule has 7 nitrogen and oxygen atoms in total. The summed E-state index contributed by atoms with van der Waals surface area (Å²) in [5.41, 5.74) is 2.80. The van der Waals surface area contributed by atoms with Gasteiger partial charge in [0.2, 0.25) is 15.9 Å². The van der Waals surface area contributed by atoms with Crippen molar-refractivity contribution in [2.24, 2.45) is 0 Å². The minimum Gasteiger partial charge on any atom is -0.493 e. The third-order valence-corrected chi connectivity index (χ3v) is 7.49.